The van der Waals surface area contributed by atoms with E-state index in [9.17, 15) is 27.2 Å². The van der Waals surface area contributed by atoms with Crippen LogP contribution in [0.2, 0.25) is 0 Å². The lowest BCUT2D eigenvalue weighted by Crippen LogP contribution is -2.56. The zero-order chi connectivity index (χ0) is 21.9. The average molecular weight is 432 g/mol. The van der Waals surface area contributed by atoms with Crippen molar-refractivity contribution in [3.05, 3.63) is 29.6 Å². The van der Waals surface area contributed by atoms with E-state index in [4.69, 9.17) is 0 Å². The quantitative estimate of drug-likeness (QED) is 0.702. The van der Waals surface area contributed by atoms with Crippen molar-refractivity contribution in [3.8, 4) is 5.75 Å². The monoisotopic (exact) mass is 432 g/mol. The lowest BCUT2D eigenvalue weighted by Gasteiger charge is -2.39. The van der Waals surface area contributed by atoms with Gasteiger partial charge < -0.3 is 25.2 Å². The number of benzene rings is 1. The molecular weight excluding hydrogens is 408 g/mol. The van der Waals surface area contributed by atoms with Gasteiger partial charge in [-0.1, -0.05) is 6.07 Å². The minimum Gasteiger partial charge on any atom is -0.406 e. The van der Waals surface area contributed by atoms with Gasteiger partial charge in [-0.25, -0.2) is 14.0 Å². The third kappa shape index (κ3) is 5.67. The van der Waals surface area contributed by atoms with Gasteiger partial charge in [-0.3, -0.25) is 0 Å². The van der Waals surface area contributed by atoms with E-state index < -0.39 is 17.9 Å². The summed E-state index contributed by atoms with van der Waals surface area (Å²) in [4.78, 5) is 28.1. The van der Waals surface area contributed by atoms with Crippen LogP contribution in [0.25, 0.3) is 0 Å². The number of hydrogen-bond acceptors (Lipinski definition) is 3. The van der Waals surface area contributed by atoms with Gasteiger partial charge in [0.1, 0.15) is 11.6 Å². The third-order valence-electron chi connectivity index (χ3n) is 5.15. The summed E-state index contributed by atoms with van der Waals surface area (Å²) in [6.07, 6.45) is -1.65. The molecule has 7 nitrogen and oxygen atoms in total. The van der Waals surface area contributed by atoms with Crippen molar-refractivity contribution in [2.24, 2.45) is 0 Å². The summed E-state index contributed by atoms with van der Waals surface area (Å²) in [7, 11) is 1.55. The van der Waals surface area contributed by atoms with E-state index in [-0.39, 0.29) is 36.3 Å². The van der Waals surface area contributed by atoms with Crippen LogP contribution in [-0.2, 0) is 6.54 Å². The normalized spacial score (nSPS) is 19.2. The van der Waals surface area contributed by atoms with E-state index in [0.717, 1.165) is 37.8 Å². The first-order valence-corrected chi connectivity index (χ1v) is 9.75. The number of alkyl halides is 3. The summed E-state index contributed by atoms with van der Waals surface area (Å²) in [5.41, 5.74) is 0.0456. The van der Waals surface area contributed by atoms with Crippen LogP contribution in [0.15, 0.2) is 18.2 Å². The maximum Gasteiger partial charge on any atom is 0.573 e. The molecule has 30 heavy (non-hydrogen) atoms. The van der Waals surface area contributed by atoms with E-state index in [1.807, 2.05) is 0 Å². The summed E-state index contributed by atoms with van der Waals surface area (Å²) in [5, 5.41) is 5.23. The summed E-state index contributed by atoms with van der Waals surface area (Å²) < 4.78 is 54.5. The van der Waals surface area contributed by atoms with Crippen molar-refractivity contribution in [3.63, 3.8) is 0 Å². The molecule has 0 radical (unpaired) electrons. The largest absolute Gasteiger partial charge is 0.573 e. The first-order chi connectivity index (χ1) is 14.2. The molecule has 166 valence electrons. The smallest absolute Gasteiger partial charge is 0.406 e. The number of amides is 4. The number of nitrogens with zero attached hydrogens (tertiary/aromatic N) is 2. The average Bonchev–Trinajstić information content (AvgIpc) is 3.51. The van der Waals surface area contributed by atoms with Gasteiger partial charge in [0.25, 0.3) is 0 Å². The molecule has 1 aliphatic carbocycles. The highest BCUT2D eigenvalue weighted by molar-refractivity contribution is 5.76. The molecule has 0 aromatic heterocycles. The number of likely N-dealkylation sites (tertiary alicyclic amines) is 1. The molecule has 1 heterocycles. The molecule has 11 heteroatoms. The van der Waals surface area contributed by atoms with Crippen LogP contribution in [0, 0.1) is 5.82 Å². The van der Waals surface area contributed by atoms with Crippen LogP contribution in [0.4, 0.5) is 27.2 Å². The number of carbonyl (C=O) groups is 2. The molecule has 1 aromatic rings. The van der Waals surface area contributed by atoms with E-state index >= 15 is 0 Å². The van der Waals surface area contributed by atoms with Crippen LogP contribution in [0.3, 0.4) is 0 Å². The molecule has 3 rings (SSSR count). The minimum absolute atomic E-state index is 0.0456. The van der Waals surface area contributed by atoms with Crippen LogP contribution < -0.4 is 15.4 Å². The Balaban J connectivity index is 1.61. The van der Waals surface area contributed by atoms with Gasteiger partial charge in [0.05, 0.1) is 6.04 Å². The Kier molecular flexibility index (Phi) is 6.57. The Hall–Kier alpha value is -2.72. The molecule has 1 aliphatic heterocycles. The number of hydrogen-bond donors (Lipinski definition) is 2. The molecule has 1 saturated carbocycles. The Labute approximate surface area is 171 Å². The zero-order valence-corrected chi connectivity index (χ0v) is 16.5. The van der Waals surface area contributed by atoms with Crippen LogP contribution in [0.1, 0.15) is 31.2 Å². The van der Waals surface area contributed by atoms with Gasteiger partial charge in [0, 0.05) is 44.4 Å². The second-order valence-corrected chi connectivity index (χ2v) is 7.40. The predicted molar refractivity (Wildman–Crippen MR) is 99.2 cm³/mol. The second kappa shape index (κ2) is 8.97. The van der Waals surface area contributed by atoms with Gasteiger partial charge in [0.2, 0.25) is 0 Å². The minimum atomic E-state index is -4.91. The number of ether oxygens (including phenoxy) is 1. The molecule has 2 aliphatic rings. The summed E-state index contributed by atoms with van der Waals surface area (Å²) in [5.74, 6) is -1.57. The van der Waals surface area contributed by atoms with Crippen LogP contribution in [-0.4, -0.2) is 60.4 Å². The molecule has 1 atom stereocenters. The standard InChI is InChI=1S/C19H24F4N4O3/c1-24-17(28)26-8-2-3-14(11-26)27(13-5-6-13)18(29)25-10-12-4-7-15(9-16(12)20)30-19(21,22)23/h4,7,9,13-14H,2-3,5-6,8,10-11H2,1H3,(H,24,28)(H,25,29). The van der Waals surface area contributed by atoms with Gasteiger partial charge in [-0.05, 0) is 31.7 Å². The third-order valence-corrected chi connectivity index (χ3v) is 5.15. The number of nitrogens with one attached hydrogen (secondary N) is 2. The highest BCUT2D eigenvalue weighted by Crippen LogP contribution is 2.31. The fraction of sp³-hybridized carbons (Fsp3) is 0.579. The SMILES string of the molecule is CNC(=O)N1CCCC(N(C(=O)NCc2ccc(OC(F)(F)F)cc2F)C2CC2)C1. The summed E-state index contributed by atoms with van der Waals surface area (Å²) in [6.45, 7) is 0.862. The molecular formula is C19H24F4N4O3. The molecule has 2 N–H and O–H groups in total. The first kappa shape index (κ1) is 22.0. The van der Waals surface area contributed by atoms with E-state index in [1.54, 1.807) is 16.8 Å². The molecule has 4 amide bonds. The number of halogens is 4. The second-order valence-electron chi connectivity index (χ2n) is 7.40. The van der Waals surface area contributed by atoms with Crippen molar-refractivity contribution in [2.45, 2.75) is 50.7 Å². The Morgan fingerprint density at radius 2 is 1.97 bits per heavy atom. The Morgan fingerprint density at radius 3 is 2.57 bits per heavy atom. The van der Waals surface area contributed by atoms with Gasteiger partial charge in [0.15, 0.2) is 0 Å². The Morgan fingerprint density at radius 1 is 1.23 bits per heavy atom. The number of carbonyl (C=O) groups excluding carboxylic acids is 2. The van der Waals surface area contributed by atoms with Gasteiger partial charge in [-0.15, -0.1) is 13.2 Å². The highest BCUT2D eigenvalue weighted by Gasteiger charge is 2.39. The molecule has 1 aromatic carbocycles. The lowest BCUT2D eigenvalue weighted by molar-refractivity contribution is -0.274. The maximum atomic E-state index is 14.1. The number of rotatable bonds is 5. The molecule has 1 unspecified atom stereocenters. The van der Waals surface area contributed by atoms with E-state index in [0.29, 0.717) is 19.2 Å². The molecule has 0 spiro atoms. The van der Waals surface area contributed by atoms with E-state index in [2.05, 4.69) is 15.4 Å². The fourth-order valence-electron chi connectivity index (χ4n) is 3.64. The van der Waals surface area contributed by atoms with Gasteiger partial charge >= 0.3 is 18.4 Å². The number of urea groups is 2. The molecule has 0 bridgehead atoms. The summed E-state index contributed by atoms with van der Waals surface area (Å²) in [6, 6.07) is 2.14. The zero-order valence-electron chi connectivity index (χ0n) is 16.5. The molecule has 1 saturated heterocycles. The first-order valence-electron chi connectivity index (χ1n) is 9.75. The highest BCUT2D eigenvalue weighted by atomic mass is 19.4. The topological polar surface area (TPSA) is 73.9 Å². The maximum absolute atomic E-state index is 14.1. The van der Waals surface area contributed by atoms with Crippen molar-refractivity contribution in [1.29, 1.82) is 0 Å². The lowest BCUT2D eigenvalue weighted by atomic mass is 10.0. The molecule has 2 fully saturated rings. The Bertz CT molecular complexity index is 786. The van der Waals surface area contributed by atoms with Crippen molar-refractivity contribution >= 4 is 12.1 Å². The van der Waals surface area contributed by atoms with Gasteiger partial charge in [-0.2, -0.15) is 0 Å². The van der Waals surface area contributed by atoms with Crippen molar-refractivity contribution in [2.75, 3.05) is 20.1 Å². The fourth-order valence-corrected chi connectivity index (χ4v) is 3.64. The van der Waals surface area contributed by atoms with Crippen molar-refractivity contribution in [1.82, 2.24) is 20.4 Å². The van der Waals surface area contributed by atoms with Crippen molar-refractivity contribution < 1.29 is 31.9 Å². The van der Waals surface area contributed by atoms with Crippen LogP contribution >= 0.6 is 0 Å². The van der Waals surface area contributed by atoms with E-state index in [1.165, 1.54) is 0 Å². The number of piperidine rings is 1. The summed E-state index contributed by atoms with van der Waals surface area (Å²) >= 11 is 0. The predicted octanol–water partition coefficient (Wildman–Crippen LogP) is 3.20. The van der Waals surface area contributed by atoms with Crippen LogP contribution in [0.5, 0.6) is 5.75 Å².